The molecule has 1 aliphatic heterocycles. The van der Waals surface area contributed by atoms with Crippen LogP contribution in [0, 0.1) is 23.2 Å². The summed E-state index contributed by atoms with van der Waals surface area (Å²) >= 11 is 6.02. The van der Waals surface area contributed by atoms with Crippen LogP contribution in [0.4, 0.5) is 5.69 Å². The molecule has 1 aliphatic rings. The van der Waals surface area contributed by atoms with Crippen molar-refractivity contribution in [2.75, 3.05) is 18.1 Å². The minimum Gasteiger partial charge on any atom is -0.466 e. The van der Waals surface area contributed by atoms with Gasteiger partial charge in [0.25, 0.3) is 0 Å². The number of benzene rings is 3. The minimum atomic E-state index is -0.690. The second-order valence-electron chi connectivity index (χ2n) is 8.58. The molecule has 0 N–H and O–H groups in total. The highest BCUT2D eigenvalue weighted by Gasteiger charge is 2.34. The van der Waals surface area contributed by atoms with E-state index in [-0.39, 0.29) is 32.7 Å². The van der Waals surface area contributed by atoms with Gasteiger partial charge in [0.1, 0.15) is 0 Å². The Morgan fingerprint density at radius 2 is 1.61 bits per heavy atom. The third-order valence-corrected chi connectivity index (χ3v) is 6.21. The lowest BCUT2D eigenvalue weighted by molar-refractivity contribution is -0.147. The SMILES string of the molecule is CCOC(=O)CCN1Cc2cc(C#Cc3ccc(C#N)cc3)ccc2N(Cc2ccc(Cl)cc2)C(=O)C1=O. The van der Waals surface area contributed by atoms with Gasteiger partial charge in [-0.2, -0.15) is 5.26 Å². The molecular weight excluding hydrogens is 502 g/mol. The Morgan fingerprint density at radius 3 is 2.29 bits per heavy atom. The molecule has 0 saturated heterocycles. The van der Waals surface area contributed by atoms with Crippen LogP contribution in [0.25, 0.3) is 0 Å². The molecule has 0 bridgehead atoms. The molecule has 38 heavy (non-hydrogen) atoms. The smallest absolute Gasteiger partial charge is 0.316 e. The predicted octanol–water partition coefficient (Wildman–Crippen LogP) is 4.44. The van der Waals surface area contributed by atoms with Gasteiger partial charge >= 0.3 is 17.8 Å². The average Bonchev–Trinajstić information content (AvgIpc) is 3.02. The Kier molecular flexibility index (Phi) is 8.43. The van der Waals surface area contributed by atoms with E-state index in [0.717, 1.165) is 16.7 Å². The predicted molar refractivity (Wildman–Crippen MR) is 143 cm³/mol. The molecule has 3 aromatic rings. The third-order valence-electron chi connectivity index (χ3n) is 5.96. The number of rotatable bonds is 6. The van der Waals surface area contributed by atoms with E-state index in [1.54, 1.807) is 67.6 Å². The standard InChI is InChI=1S/C30H24ClN3O4/c1-2-38-28(35)15-16-33-20-25-17-22(6-3-21-4-7-23(18-32)8-5-21)11-14-27(25)34(30(37)29(33)36)19-24-9-12-26(31)13-10-24/h4-5,7-14,17H,2,15-16,19-20H2,1H3. The van der Waals surface area contributed by atoms with Crippen LogP contribution in [0.3, 0.4) is 0 Å². The number of halogens is 1. The lowest BCUT2D eigenvalue weighted by atomic mass is 10.1. The summed E-state index contributed by atoms with van der Waals surface area (Å²) in [6.45, 7) is 2.33. The number of fused-ring (bicyclic) bond motifs is 1. The van der Waals surface area contributed by atoms with Crippen molar-refractivity contribution in [2.24, 2.45) is 0 Å². The Morgan fingerprint density at radius 1 is 0.947 bits per heavy atom. The van der Waals surface area contributed by atoms with Crippen molar-refractivity contribution >= 4 is 35.1 Å². The van der Waals surface area contributed by atoms with Gasteiger partial charge in [0.2, 0.25) is 0 Å². The van der Waals surface area contributed by atoms with E-state index in [0.29, 0.717) is 21.8 Å². The minimum absolute atomic E-state index is 0.0163. The normalized spacial score (nSPS) is 12.7. The zero-order valence-electron chi connectivity index (χ0n) is 20.7. The average molecular weight is 526 g/mol. The lowest BCUT2D eigenvalue weighted by Crippen LogP contribution is -2.43. The van der Waals surface area contributed by atoms with Crippen molar-refractivity contribution in [3.63, 3.8) is 0 Å². The molecule has 0 fully saturated rings. The van der Waals surface area contributed by atoms with Gasteiger partial charge in [0, 0.05) is 34.9 Å². The molecule has 0 aliphatic carbocycles. The zero-order chi connectivity index (χ0) is 27.1. The number of amides is 2. The topological polar surface area (TPSA) is 90.7 Å². The fourth-order valence-corrected chi connectivity index (χ4v) is 4.16. The summed E-state index contributed by atoms with van der Waals surface area (Å²) in [5.41, 5.74) is 4.15. The molecule has 1 heterocycles. The largest absolute Gasteiger partial charge is 0.466 e. The van der Waals surface area contributed by atoms with Crippen LogP contribution in [0.5, 0.6) is 0 Å². The monoisotopic (exact) mass is 525 g/mol. The van der Waals surface area contributed by atoms with Crippen molar-refractivity contribution in [3.05, 3.63) is 99.6 Å². The van der Waals surface area contributed by atoms with Crippen molar-refractivity contribution in [2.45, 2.75) is 26.4 Å². The number of nitriles is 1. The first-order chi connectivity index (χ1) is 18.4. The molecule has 8 heteroatoms. The van der Waals surface area contributed by atoms with Crippen LogP contribution in [0.1, 0.15) is 41.2 Å². The number of hydrogen-bond acceptors (Lipinski definition) is 5. The van der Waals surface area contributed by atoms with Crippen LogP contribution in [0.2, 0.25) is 5.02 Å². The summed E-state index contributed by atoms with van der Waals surface area (Å²) in [7, 11) is 0. The molecule has 7 nitrogen and oxygen atoms in total. The van der Waals surface area contributed by atoms with Crippen LogP contribution < -0.4 is 4.90 Å². The molecule has 4 rings (SSSR count). The molecule has 0 saturated carbocycles. The first-order valence-corrected chi connectivity index (χ1v) is 12.4. The van der Waals surface area contributed by atoms with Gasteiger partial charge in [-0.25, -0.2) is 0 Å². The van der Waals surface area contributed by atoms with Gasteiger partial charge in [-0.3, -0.25) is 19.3 Å². The molecule has 3 aromatic carbocycles. The van der Waals surface area contributed by atoms with Gasteiger partial charge in [0.05, 0.1) is 31.2 Å². The highest BCUT2D eigenvalue weighted by molar-refractivity contribution is 6.40. The molecular formula is C30H24ClN3O4. The Hall–Kier alpha value is -4.59. The molecule has 0 unspecified atom stereocenters. The van der Waals surface area contributed by atoms with Crippen molar-refractivity contribution < 1.29 is 19.1 Å². The molecule has 0 radical (unpaired) electrons. The maximum atomic E-state index is 13.3. The van der Waals surface area contributed by atoms with Gasteiger partial charge in [-0.1, -0.05) is 35.6 Å². The van der Waals surface area contributed by atoms with Crippen LogP contribution in [0.15, 0.2) is 66.7 Å². The Labute approximate surface area is 226 Å². The van der Waals surface area contributed by atoms with Gasteiger partial charge in [-0.15, -0.1) is 0 Å². The first kappa shape index (κ1) is 26.5. The molecule has 0 atom stereocenters. The number of anilines is 1. The maximum absolute atomic E-state index is 13.3. The van der Waals surface area contributed by atoms with E-state index in [2.05, 4.69) is 17.9 Å². The third kappa shape index (κ3) is 6.39. The number of ether oxygens (including phenoxy) is 1. The van der Waals surface area contributed by atoms with Crippen LogP contribution in [-0.2, 0) is 32.2 Å². The fourth-order valence-electron chi connectivity index (χ4n) is 4.03. The molecule has 0 aromatic heterocycles. The summed E-state index contributed by atoms with van der Waals surface area (Å²) < 4.78 is 4.99. The van der Waals surface area contributed by atoms with Crippen LogP contribution in [-0.4, -0.2) is 35.8 Å². The van der Waals surface area contributed by atoms with E-state index in [4.69, 9.17) is 21.6 Å². The van der Waals surface area contributed by atoms with Crippen LogP contribution >= 0.6 is 11.6 Å². The van der Waals surface area contributed by atoms with E-state index >= 15 is 0 Å². The summed E-state index contributed by atoms with van der Waals surface area (Å²) in [6, 6.07) is 21.5. The van der Waals surface area contributed by atoms with Gasteiger partial charge in [-0.05, 0) is 72.6 Å². The number of carbonyl (C=O) groups is 3. The lowest BCUT2D eigenvalue weighted by Gasteiger charge is -2.22. The highest BCUT2D eigenvalue weighted by atomic mass is 35.5. The first-order valence-electron chi connectivity index (χ1n) is 12.0. The molecule has 190 valence electrons. The molecule has 0 spiro atoms. The van der Waals surface area contributed by atoms with E-state index in [1.807, 2.05) is 6.07 Å². The highest BCUT2D eigenvalue weighted by Crippen LogP contribution is 2.29. The summed E-state index contributed by atoms with van der Waals surface area (Å²) in [6.07, 6.45) is -0.0163. The summed E-state index contributed by atoms with van der Waals surface area (Å²) in [5, 5.41) is 9.55. The van der Waals surface area contributed by atoms with Gasteiger partial charge in [0.15, 0.2) is 0 Å². The van der Waals surface area contributed by atoms with E-state index < -0.39 is 17.8 Å². The second-order valence-corrected chi connectivity index (χ2v) is 9.02. The fraction of sp³-hybridized carbons (Fsp3) is 0.200. The van der Waals surface area contributed by atoms with E-state index in [1.165, 1.54) is 9.80 Å². The number of hydrogen-bond donors (Lipinski definition) is 0. The second kappa shape index (κ2) is 12.1. The van der Waals surface area contributed by atoms with Gasteiger partial charge < -0.3 is 9.64 Å². The Balaban J connectivity index is 1.68. The quantitative estimate of drug-likeness (QED) is 0.269. The summed E-state index contributed by atoms with van der Waals surface area (Å²) in [5.74, 6) is 4.39. The van der Waals surface area contributed by atoms with E-state index in [9.17, 15) is 14.4 Å². The van der Waals surface area contributed by atoms with Crippen molar-refractivity contribution in [1.82, 2.24) is 4.90 Å². The zero-order valence-corrected chi connectivity index (χ0v) is 21.5. The van der Waals surface area contributed by atoms with Crippen molar-refractivity contribution in [3.8, 4) is 17.9 Å². The number of nitrogens with zero attached hydrogens (tertiary/aromatic N) is 3. The number of esters is 1. The van der Waals surface area contributed by atoms with Crippen molar-refractivity contribution in [1.29, 1.82) is 5.26 Å². The summed E-state index contributed by atoms with van der Waals surface area (Å²) in [4.78, 5) is 41.3. The number of carbonyl (C=O) groups excluding carboxylic acids is 3. The maximum Gasteiger partial charge on any atom is 0.316 e. The molecule has 2 amide bonds. The Bertz CT molecular complexity index is 1460.